The van der Waals surface area contributed by atoms with Crippen LogP contribution in [0.15, 0.2) is 42.5 Å². The first-order valence-corrected chi connectivity index (χ1v) is 14.9. The third kappa shape index (κ3) is 4.90. The number of anilines is 1. The number of Topliss-reactive ketones (excluding diaryl/α,β-unsaturated/α-hetero) is 1. The Morgan fingerprint density at radius 1 is 1.08 bits per heavy atom. The second kappa shape index (κ2) is 10.8. The highest BCUT2D eigenvalue weighted by atomic mass is 16.5. The molecule has 4 aliphatic rings. The van der Waals surface area contributed by atoms with Crippen LogP contribution in [0.25, 0.3) is 0 Å². The van der Waals surface area contributed by atoms with Gasteiger partial charge in [-0.25, -0.2) is 0 Å². The van der Waals surface area contributed by atoms with E-state index in [0.717, 1.165) is 51.5 Å². The molecule has 1 amide bonds. The monoisotopic (exact) mass is 514 g/mol. The molecule has 0 radical (unpaired) electrons. The Balaban J connectivity index is 1.22. The van der Waals surface area contributed by atoms with Crippen LogP contribution < -0.4 is 5.32 Å². The van der Waals surface area contributed by atoms with Gasteiger partial charge in [0.25, 0.3) is 0 Å². The number of nitrogens with one attached hydrogen (secondary N) is 1. The van der Waals surface area contributed by atoms with Gasteiger partial charge in [0.1, 0.15) is 5.78 Å². The molecule has 202 valence electrons. The van der Waals surface area contributed by atoms with Crippen LogP contribution in [-0.2, 0) is 33.7 Å². The molecule has 6 rings (SSSR count). The van der Waals surface area contributed by atoms with Gasteiger partial charge in [-0.2, -0.15) is 0 Å². The second-order valence-corrected chi connectivity index (χ2v) is 12.2. The Bertz CT molecular complexity index is 1170. The number of fused-ring (bicyclic) bond motifs is 5. The van der Waals surface area contributed by atoms with Gasteiger partial charge in [0.2, 0.25) is 5.91 Å². The summed E-state index contributed by atoms with van der Waals surface area (Å²) in [4.78, 5) is 27.5. The maximum atomic E-state index is 12.8. The van der Waals surface area contributed by atoms with Crippen molar-refractivity contribution in [3.05, 3.63) is 64.7 Å². The number of hydrogen-bond acceptors (Lipinski definition) is 4. The average molecular weight is 515 g/mol. The maximum absolute atomic E-state index is 12.8. The Hall–Kier alpha value is -2.66. The molecule has 2 saturated carbocycles. The van der Waals surface area contributed by atoms with Gasteiger partial charge >= 0.3 is 0 Å². The number of aryl methyl sites for hydroxylation is 2. The molecule has 38 heavy (non-hydrogen) atoms. The summed E-state index contributed by atoms with van der Waals surface area (Å²) in [6, 6.07) is 15.5. The van der Waals surface area contributed by atoms with Gasteiger partial charge in [0.15, 0.2) is 0 Å². The third-order valence-corrected chi connectivity index (χ3v) is 10.2. The van der Waals surface area contributed by atoms with Crippen LogP contribution in [0.1, 0.15) is 80.0 Å². The predicted molar refractivity (Wildman–Crippen MR) is 150 cm³/mol. The molecule has 4 atom stereocenters. The highest BCUT2D eigenvalue weighted by Crippen LogP contribution is 2.59. The number of carbonyl (C=O) groups excluding carboxylic acids is 2. The zero-order chi connectivity index (χ0) is 26.1. The van der Waals surface area contributed by atoms with Gasteiger partial charge in [-0.1, -0.05) is 43.3 Å². The molecule has 0 aromatic heterocycles. The fourth-order valence-electron chi connectivity index (χ4n) is 8.00. The van der Waals surface area contributed by atoms with Crippen molar-refractivity contribution in [3.8, 4) is 0 Å². The lowest BCUT2D eigenvalue weighted by molar-refractivity contribution is -0.135. The van der Waals surface area contributed by atoms with Crippen molar-refractivity contribution in [2.24, 2.45) is 17.3 Å². The third-order valence-electron chi connectivity index (χ3n) is 10.2. The van der Waals surface area contributed by atoms with E-state index >= 15 is 0 Å². The largest absolute Gasteiger partial charge is 0.381 e. The Morgan fingerprint density at radius 2 is 1.89 bits per heavy atom. The molecule has 2 aromatic rings. The molecule has 1 heterocycles. The van der Waals surface area contributed by atoms with Crippen molar-refractivity contribution in [3.63, 3.8) is 0 Å². The van der Waals surface area contributed by atoms with Gasteiger partial charge in [-0.05, 0) is 91.0 Å². The number of hydrogen-bond donors (Lipinski definition) is 1. The van der Waals surface area contributed by atoms with E-state index in [9.17, 15) is 9.59 Å². The van der Waals surface area contributed by atoms with E-state index in [1.807, 2.05) is 4.90 Å². The number of rotatable bonds is 7. The van der Waals surface area contributed by atoms with Gasteiger partial charge in [-0.3, -0.25) is 9.59 Å². The number of nitrogens with zero attached hydrogens (tertiary/aromatic N) is 1. The summed E-state index contributed by atoms with van der Waals surface area (Å²) >= 11 is 0. The summed E-state index contributed by atoms with van der Waals surface area (Å²) in [6.07, 6.45) is 8.68. The smallest absolute Gasteiger partial charge is 0.222 e. The van der Waals surface area contributed by atoms with Gasteiger partial charge in [0, 0.05) is 43.6 Å². The Morgan fingerprint density at radius 3 is 2.71 bits per heavy atom. The zero-order valence-corrected chi connectivity index (χ0v) is 22.8. The van der Waals surface area contributed by atoms with E-state index in [0.29, 0.717) is 56.3 Å². The lowest BCUT2D eigenvalue weighted by atomic mass is 9.55. The summed E-state index contributed by atoms with van der Waals surface area (Å²) in [5.74, 6) is 2.51. The van der Waals surface area contributed by atoms with Gasteiger partial charge in [0.05, 0.1) is 13.2 Å². The lowest BCUT2D eigenvalue weighted by Gasteiger charge is -2.48. The summed E-state index contributed by atoms with van der Waals surface area (Å²) in [6.45, 7) is 5.79. The van der Waals surface area contributed by atoms with Gasteiger partial charge < -0.3 is 15.0 Å². The van der Waals surface area contributed by atoms with Crippen LogP contribution >= 0.6 is 0 Å². The summed E-state index contributed by atoms with van der Waals surface area (Å²) in [7, 11) is 0. The highest BCUT2D eigenvalue weighted by molar-refractivity contribution is 5.87. The SMILES string of the molecule is C[C@]12CC[C@@H]3c4cc(CCCC(=O)N5CCOCC5)c(NCc5ccccc5)cc4CC[C@H]3[C@@H]1CCC2=O. The highest BCUT2D eigenvalue weighted by Gasteiger charge is 2.54. The van der Waals surface area contributed by atoms with E-state index in [4.69, 9.17) is 4.74 Å². The van der Waals surface area contributed by atoms with E-state index in [-0.39, 0.29) is 11.3 Å². The number of ether oxygens (including phenoxy) is 1. The molecule has 1 saturated heterocycles. The minimum absolute atomic E-state index is 0.0848. The fourth-order valence-corrected chi connectivity index (χ4v) is 8.00. The van der Waals surface area contributed by atoms with Crippen molar-refractivity contribution in [2.45, 2.75) is 77.2 Å². The van der Waals surface area contributed by atoms with Crippen LogP contribution in [0.5, 0.6) is 0 Å². The minimum Gasteiger partial charge on any atom is -0.381 e. The molecular formula is C33H42N2O3. The van der Waals surface area contributed by atoms with Crippen LogP contribution in [0.3, 0.4) is 0 Å². The number of carbonyl (C=O) groups is 2. The first-order chi connectivity index (χ1) is 18.5. The van der Waals surface area contributed by atoms with Crippen molar-refractivity contribution in [1.82, 2.24) is 4.90 Å². The van der Waals surface area contributed by atoms with Crippen molar-refractivity contribution >= 4 is 17.4 Å². The van der Waals surface area contributed by atoms with Crippen LogP contribution in [0.2, 0.25) is 0 Å². The predicted octanol–water partition coefficient (Wildman–Crippen LogP) is 5.91. The number of morpholine rings is 1. The topological polar surface area (TPSA) is 58.6 Å². The maximum Gasteiger partial charge on any atom is 0.222 e. The normalized spacial score (nSPS) is 28.4. The Labute approximate surface area is 227 Å². The van der Waals surface area contributed by atoms with Crippen LogP contribution in [0, 0.1) is 17.3 Å². The zero-order valence-electron chi connectivity index (χ0n) is 22.8. The van der Waals surface area contributed by atoms with E-state index in [2.05, 4.69) is 54.7 Å². The molecule has 2 aromatic carbocycles. The molecule has 0 spiro atoms. The van der Waals surface area contributed by atoms with Crippen molar-refractivity contribution < 1.29 is 14.3 Å². The van der Waals surface area contributed by atoms with E-state index in [1.54, 1.807) is 0 Å². The molecule has 3 fully saturated rings. The molecular weight excluding hydrogens is 472 g/mol. The van der Waals surface area contributed by atoms with Crippen molar-refractivity contribution in [2.75, 3.05) is 31.6 Å². The summed E-state index contributed by atoms with van der Waals surface area (Å²) < 4.78 is 5.42. The molecule has 0 bridgehead atoms. The quantitative estimate of drug-likeness (QED) is 0.499. The van der Waals surface area contributed by atoms with E-state index < -0.39 is 0 Å². The molecule has 5 heteroatoms. The Kier molecular flexibility index (Phi) is 7.31. The summed E-state index contributed by atoms with van der Waals surface area (Å²) in [5.41, 5.74) is 6.77. The molecule has 3 aliphatic carbocycles. The summed E-state index contributed by atoms with van der Waals surface area (Å²) in [5, 5.41) is 3.75. The lowest BCUT2D eigenvalue weighted by Crippen LogP contribution is -2.42. The standard InChI is InChI=1S/C33H42N2O3/c1-33-15-14-26-27(29(33)12-13-31(33)36)11-10-24-21-30(34-22-23-6-3-2-4-7-23)25(20-28(24)26)8-5-9-32(37)35-16-18-38-19-17-35/h2-4,6-7,20-21,26-27,29,34H,5,8-19,22H2,1H3/t26-,27+,29-,33-/m0/s1. The molecule has 1 aliphatic heterocycles. The first kappa shape index (κ1) is 25.6. The molecule has 5 nitrogen and oxygen atoms in total. The van der Waals surface area contributed by atoms with Crippen LogP contribution in [-0.4, -0.2) is 42.9 Å². The molecule has 0 unspecified atom stereocenters. The fraction of sp³-hybridized carbons (Fsp3) is 0.576. The number of amides is 1. The minimum atomic E-state index is -0.0848. The number of ketones is 1. The second-order valence-electron chi connectivity index (χ2n) is 12.2. The average Bonchev–Trinajstić information content (AvgIpc) is 3.26. The molecule has 1 N–H and O–H groups in total. The van der Waals surface area contributed by atoms with Gasteiger partial charge in [-0.15, -0.1) is 0 Å². The van der Waals surface area contributed by atoms with Crippen molar-refractivity contribution in [1.29, 1.82) is 0 Å². The first-order valence-electron chi connectivity index (χ1n) is 14.9. The van der Waals surface area contributed by atoms with E-state index in [1.165, 1.54) is 34.4 Å². The number of benzene rings is 2. The van der Waals surface area contributed by atoms with Crippen LogP contribution in [0.4, 0.5) is 5.69 Å².